The SMILES string of the molecule is CC#C[C@H](CC)Oc1cnc(/C(F)=C/c2ccc(F)c([C@]3(C)CSC(C)(C)C(N)=N3)c2)cn1. The largest absolute Gasteiger partial charge is 0.460 e. The van der Waals surface area contributed by atoms with Gasteiger partial charge in [0.25, 0.3) is 0 Å². The highest BCUT2D eigenvalue weighted by atomic mass is 32.2. The number of aromatic nitrogens is 2. The van der Waals surface area contributed by atoms with Gasteiger partial charge in [0.1, 0.15) is 17.3 Å². The summed E-state index contributed by atoms with van der Waals surface area (Å²) in [5.74, 6) is 6.00. The van der Waals surface area contributed by atoms with Crippen molar-refractivity contribution in [3.05, 3.63) is 53.2 Å². The van der Waals surface area contributed by atoms with Crippen LogP contribution in [0.2, 0.25) is 0 Å². The molecule has 0 amide bonds. The van der Waals surface area contributed by atoms with Gasteiger partial charge in [0.05, 0.1) is 22.7 Å². The second kappa shape index (κ2) is 9.92. The molecule has 1 aliphatic rings. The Balaban J connectivity index is 1.85. The van der Waals surface area contributed by atoms with E-state index in [0.717, 1.165) is 0 Å². The molecule has 0 fully saturated rings. The summed E-state index contributed by atoms with van der Waals surface area (Å²) >= 11 is 1.62. The number of ether oxygens (including phenoxy) is 1. The van der Waals surface area contributed by atoms with Crippen molar-refractivity contribution in [3.63, 3.8) is 0 Å². The van der Waals surface area contributed by atoms with E-state index in [9.17, 15) is 8.78 Å². The maximum absolute atomic E-state index is 14.9. The fraction of sp³-hybridized carbons (Fsp3) is 0.400. The molecule has 0 bridgehead atoms. The van der Waals surface area contributed by atoms with Crippen LogP contribution >= 0.6 is 11.8 Å². The average Bonchev–Trinajstić information content (AvgIpc) is 2.78. The molecule has 2 aromatic rings. The molecule has 0 saturated carbocycles. The van der Waals surface area contributed by atoms with E-state index in [4.69, 9.17) is 10.5 Å². The van der Waals surface area contributed by atoms with Crippen LogP contribution < -0.4 is 10.5 Å². The molecule has 1 aromatic heterocycles. The molecule has 0 saturated heterocycles. The quantitative estimate of drug-likeness (QED) is 0.575. The predicted octanol–water partition coefficient (Wildman–Crippen LogP) is 5.36. The lowest BCUT2D eigenvalue weighted by Gasteiger charge is -2.37. The lowest BCUT2D eigenvalue weighted by atomic mass is 9.91. The van der Waals surface area contributed by atoms with Crippen molar-refractivity contribution in [1.29, 1.82) is 0 Å². The Kier molecular flexibility index (Phi) is 7.43. The first-order valence-corrected chi connectivity index (χ1v) is 11.6. The van der Waals surface area contributed by atoms with Crippen LogP contribution in [0.5, 0.6) is 5.88 Å². The van der Waals surface area contributed by atoms with Gasteiger partial charge < -0.3 is 10.5 Å². The summed E-state index contributed by atoms with van der Waals surface area (Å²) in [4.78, 5) is 12.8. The summed E-state index contributed by atoms with van der Waals surface area (Å²) in [6.45, 7) is 9.48. The molecule has 3 rings (SSSR count). The van der Waals surface area contributed by atoms with Crippen molar-refractivity contribution in [1.82, 2.24) is 9.97 Å². The van der Waals surface area contributed by atoms with Gasteiger partial charge in [0.2, 0.25) is 5.88 Å². The Morgan fingerprint density at radius 2 is 2.06 bits per heavy atom. The van der Waals surface area contributed by atoms with Crippen molar-refractivity contribution in [2.75, 3.05) is 5.75 Å². The molecule has 33 heavy (non-hydrogen) atoms. The van der Waals surface area contributed by atoms with Gasteiger partial charge in [-0.1, -0.05) is 18.9 Å². The first-order valence-electron chi connectivity index (χ1n) is 10.7. The number of nitrogens with zero attached hydrogens (tertiary/aromatic N) is 3. The number of thioether (sulfide) groups is 1. The fourth-order valence-electron chi connectivity index (χ4n) is 3.25. The topological polar surface area (TPSA) is 73.4 Å². The number of aliphatic imine (C=N–C) groups is 1. The maximum atomic E-state index is 14.9. The zero-order valence-electron chi connectivity index (χ0n) is 19.4. The first-order chi connectivity index (χ1) is 15.6. The Morgan fingerprint density at radius 1 is 1.30 bits per heavy atom. The standard InChI is InChI=1S/C25H28F2N4OS/c1-6-8-17(7-2)32-22-14-29-21(13-30-22)20(27)12-16-9-10-19(26)18(11-16)25(5)15-33-24(3,4)23(28)31-25/h9-14,17H,7,15H2,1-5H3,(H2,28,31)/b20-12-/t17-,25-/m0/s1. The van der Waals surface area contributed by atoms with Crippen LogP contribution in [0.25, 0.3) is 11.9 Å². The van der Waals surface area contributed by atoms with E-state index in [-0.39, 0.29) is 22.4 Å². The third kappa shape index (κ3) is 5.72. The van der Waals surface area contributed by atoms with Gasteiger partial charge in [-0.3, -0.25) is 4.99 Å². The van der Waals surface area contributed by atoms with Crippen LogP contribution in [-0.2, 0) is 5.54 Å². The molecule has 8 heteroatoms. The van der Waals surface area contributed by atoms with Gasteiger partial charge >= 0.3 is 0 Å². The van der Waals surface area contributed by atoms with Crippen LogP contribution in [0, 0.1) is 17.7 Å². The summed E-state index contributed by atoms with van der Waals surface area (Å²) < 4.78 is 34.9. The molecule has 174 valence electrons. The van der Waals surface area contributed by atoms with Crippen molar-refractivity contribution >= 4 is 29.5 Å². The minimum absolute atomic E-state index is 0.0475. The molecule has 0 aliphatic carbocycles. The van der Waals surface area contributed by atoms with Gasteiger partial charge in [0, 0.05) is 11.3 Å². The Bertz CT molecular complexity index is 1140. The zero-order valence-corrected chi connectivity index (χ0v) is 20.3. The number of benzene rings is 1. The molecule has 2 N–H and O–H groups in total. The summed E-state index contributed by atoms with van der Waals surface area (Å²) in [6, 6.07) is 4.43. The monoisotopic (exact) mass is 470 g/mol. The number of halogens is 2. The minimum Gasteiger partial charge on any atom is -0.460 e. The smallest absolute Gasteiger partial charge is 0.233 e. The molecule has 1 aromatic carbocycles. The van der Waals surface area contributed by atoms with E-state index in [1.54, 1.807) is 24.8 Å². The lowest BCUT2D eigenvalue weighted by Crippen LogP contribution is -2.44. The summed E-state index contributed by atoms with van der Waals surface area (Å²) in [5, 5.41) is 0. The van der Waals surface area contributed by atoms with Crippen LogP contribution in [0.3, 0.4) is 0 Å². The summed E-state index contributed by atoms with van der Waals surface area (Å²) in [7, 11) is 0. The normalized spacial score (nSPS) is 20.9. The van der Waals surface area contributed by atoms with Crippen molar-refractivity contribution in [3.8, 4) is 17.7 Å². The van der Waals surface area contributed by atoms with Crippen LogP contribution in [-0.4, -0.2) is 32.4 Å². The molecule has 1 aliphatic heterocycles. The van der Waals surface area contributed by atoms with Gasteiger partial charge in [-0.15, -0.1) is 17.7 Å². The lowest BCUT2D eigenvalue weighted by molar-refractivity contribution is 0.243. The van der Waals surface area contributed by atoms with Crippen LogP contribution in [0.4, 0.5) is 8.78 Å². The molecule has 0 spiro atoms. The second-order valence-corrected chi connectivity index (χ2v) is 10.0. The van der Waals surface area contributed by atoms with E-state index in [1.165, 1.54) is 30.6 Å². The Labute approximate surface area is 198 Å². The van der Waals surface area contributed by atoms with Crippen molar-refractivity contribution in [2.24, 2.45) is 10.7 Å². The van der Waals surface area contributed by atoms with Gasteiger partial charge in [-0.2, -0.15) is 0 Å². The van der Waals surface area contributed by atoms with Gasteiger partial charge in [-0.25, -0.2) is 18.7 Å². The van der Waals surface area contributed by atoms with Crippen molar-refractivity contribution < 1.29 is 13.5 Å². The number of amidine groups is 1. The average molecular weight is 471 g/mol. The van der Waals surface area contributed by atoms with Crippen LogP contribution in [0.1, 0.15) is 57.9 Å². The minimum atomic E-state index is -0.843. The zero-order chi connectivity index (χ0) is 24.2. The van der Waals surface area contributed by atoms with E-state index in [0.29, 0.717) is 29.1 Å². The molecule has 0 unspecified atom stereocenters. The number of nitrogens with two attached hydrogens (primary N) is 1. The number of rotatable bonds is 6. The second-order valence-electron chi connectivity index (χ2n) is 8.45. The van der Waals surface area contributed by atoms with E-state index in [2.05, 4.69) is 26.8 Å². The highest BCUT2D eigenvalue weighted by Gasteiger charge is 2.39. The van der Waals surface area contributed by atoms with Gasteiger partial charge in [0.15, 0.2) is 11.9 Å². The summed E-state index contributed by atoms with van der Waals surface area (Å²) in [5.41, 5.74) is 6.20. The molecular formula is C25H28F2N4OS. The maximum Gasteiger partial charge on any atom is 0.233 e. The molecule has 0 radical (unpaired) electrons. The third-order valence-corrected chi connectivity index (χ3v) is 7.01. The van der Waals surface area contributed by atoms with E-state index < -0.39 is 17.2 Å². The fourth-order valence-corrected chi connectivity index (χ4v) is 4.31. The molecular weight excluding hydrogens is 442 g/mol. The summed E-state index contributed by atoms with van der Waals surface area (Å²) in [6.07, 6.45) is 4.34. The highest BCUT2D eigenvalue weighted by Crippen LogP contribution is 2.41. The number of hydrogen-bond donors (Lipinski definition) is 1. The van der Waals surface area contributed by atoms with E-state index in [1.807, 2.05) is 27.7 Å². The van der Waals surface area contributed by atoms with Crippen LogP contribution in [0.15, 0.2) is 35.6 Å². The Hall–Kier alpha value is -2.92. The van der Waals surface area contributed by atoms with E-state index >= 15 is 0 Å². The van der Waals surface area contributed by atoms with Crippen molar-refractivity contribution in [2.45, 2.75) is 57.4 Å². The predicted molar refractivity (Wildman–Crippen MR) is 131 cm³/mol. The molecule has 2 heterocycles. The molecule has 2 atom stereocenters. The number of hydrogen-bond acceptors (Lipinski definition) is 6. The highest BCUT2D eigenvalue weighted by molar-refractivity contribution is 8.01. The first kappa shape index (κ1) is 24.7. The third-order valence-electron chi connectivity index (χ3n) is 5.37. The van der Waals surface area contributed by atoms with Gasteiger partial charge in [-0.05, 0) is 57.9 Å². The molecule has 5 nitrogen and oxygen atoms in total. The Morgan fingerprint density at radius 3 is 2.67 bits per heavy atom.